The topological polar surface area (TPSA) is 179 Å². The Bertz CT molecular complexity index is 2030. The average molecular weight is 552 g/mol. The number of benzene rings is 1. The van der Waals surface area contributed by atoms with E-state index < -0.39 is 23.2 Å². The van der Waals surface area contributed by atoms with Crippen LogP contribution in [-0.2, 0) is 4.79 Å². The van der Waals surface area contributed by atoms with Crippen LogP contribution in [0.15, 0.2) is 67.3 Å². The molecule has 0 saturated carbocycles. The van der Waals surface area contributed by atoms with Gasteiger partial charge in [-0.1, -0.05) is 12.0 Å². The molecule has 4 aromatic heterocycles. The first-order chi connectivity index (χ1) is 19.9. The summed E-state index contributed by atoms with van der Waals surface area (Å²) in [5.74, 6) is 5.14. The largest absolute Gasteiger partial charge is 0.423 e. The number of nitrogens with one attached hydrogen (secondary N) is 1. The molecular weight excluding hydrogens is 530 g/mol. The van der Waals surface area contributed by atoms with Gasteiger partial charge in [-0.2, -0.15) is 0 Å². The fraction of sp³-hybridized carbons (Fsp3) is 0.179. The first-order valence-electron chi connectivity index (χ1n) is 12.6. The number of hydrogen-bond donors (Lipinski definition) is 2. The summed E-state index contributed by atoms with van der Waals surface area (Å²) >= 11 is 0. The van der Waals surface area contributed by atoms with Gasteiger partial charge in [-0.3, -0.25) is 14.0 Å². The van der Waals surface area contributed by atoms with Crippen molar-refractivity contribution in [1.29, 1.82) is 0 Å². The molecule has 1 atom stereocenters. The molecule has 1 aromatic carbocycles. The quantitative estimate of drug-likeness (QED) is 0.249. The van der Waals surface area contributed by atoms with Gasteiger partial charge < -0.3 is 24.8 Å². The first kappa shape index (κ1) is 25.5. The van der Waals surface area contributed by atoms with Crippen LogP contribution >= 0.6 is 0 Å². The summed E-state index contributed by atoms with van der Waals surface area (Å²) in [6, 6.07) is 7.48. The van der Waals surface area contributed by atoms with Crippen LogP contribution < -0.4 is 22.3 Å². The predicted molar refractivity (Wildman–Crippen MR) is 147 cm³/mol. The molecule has 0 unspecified atom stereocenters. The van der Waals surface area contributed by atoms with Crippen LogP contribution in [0.5, 0.6) is 0 Å². The van der Waals surface area contributed by atoms with E-state index in [0.717, 1.165) is 6.42 Å². The number of nitrogens with two attached hydrogens (primary N) is 1. The number of carbonyl (C=O) groups is 2. The molecule has 5 heterocycles. The monoisotopic (exact) mass is 551 g/mol. The number of imidazole rings is 1. The smallest absolute Gasteiger partial charge is 0.413 e. The lowest BCUT2D eigenvalue weighted by Gasteiger charge is -2.21. The fourth-order valence-electron chi connectivity index (χ4n) is 4.99. The summed E-state index contributed by atoms with van der Waals surface area (Å²) in [5.41, 5.74) is 4.09. The van der Waals surface area contributed by atoms with Crippen molar-refractivity contribution in [1.82, 2.24) is 24.3 Å². The molecule has 0 bridgehead atoms. The molecule has 41 heavy (non-hydrogen) atoms. The highest BCUT2D eigenvalue weighted by Crippen LogP contribution is 2.38. The lowest BCUT2D eigenvalue weighted by molar-refractivity contribution is -0.126. The van der Waals surface area contributed by atoms with Crippen LogP contribution in [0, 0.1) is 11.8 Å². The van der Waals surface area contributed by atoms with Crippen molar-refractivity contribution in [2.24, 2.45) is 0 Å². The maximum Gasteiger partial charge on any atom is 0.423 e. The number of carbonyl (C=O) groups excluding carboxylic acids is 2. The maximum atomic E-state index is 13.1. The summed E-state index contributed by atoms with van der Waals surface area (Å²) in [5, 5.41) is 2.62. The Morgan fingerprint density at radius 2 is 1.88 bits per heavy atom. The number of likely N-dealkylation sites (tertiary alicyclic amines) is 1. The number of hydrogen-bond acceptors (Lipinski definition) is 10. The van der Waals surface area contributed by atoms with Crippen LogP contribution in [0.25, 0.3) is 27.9 Å². The first-order valence-corrected chi connectivity index (χ1v) is 12.6. The summed E-state index contributed by atoms with van der Waals surface area (Å²) in [6.45, 7) is 2.10. The Kier molecular flexibility index (Phi) is 6.27. The molecule has 13 nitrogen and oxygen atoms in total. The second-order valence-electron chi connectivity index (χ2n) is 9.15. The highest BCUT2D eigenvalue weighted by molar-refractivity contribution is 6.12. The number of fused-ring (bicyclic) bond motifs is 2. The van der Waals surface area contributed by atoms with Gasteiger partial charge in [0.15, 0.2) is 11.2 Å². The van der Waals surface area contributed by atoms with Crippen molar-refractivity contribution in [2.45, 2.75) is 25.8 Å². The van der Waals surface area contributed by atoms with E-state index in [-0.39, 0.29) is 45.5 Å². The molecular formula is C28H21N7O6. The normalized spacial score (nSPS) is 14.7. The number of amides is 2. The Hall–Kier alpha value is -5.77. The molecule has 0 spiro atoms. The van der Waals surface area contributed by atoms with E-state index in [0.29, 0.717) is 24.3 Å². The van der Waals surface area contributed by atoms with Gasteiger partial charge >= 0.3 is 11.3 Å². The van der Waals surface area contributed by atoms with E-state index in [1.165, 1.54) is 24.5 Å². The van der Waals surface area contributed by atoms with E-state index >= 15 is 0 Å². The Labute approximate surface area is 230 Å². The lowest BCUT2D eigenvalue weighted by Crippen LogP contribution is -2.30. The molecule has 0 radical (unpaired) electrons. The highest BCUT2D eigenvalue weighted by Gasteiger charge is 2.34. The van der Waals surface area contributed by atoms with E-state index in [2.05, 4.69) is 27.1 Å². The van der Waals surface area contributed by atoms with Crippen molar-refractivity contribution < 1.29 is 18.4 Å². The molecule has 5 aromatic rings. The van der Waals surface area contributed by atoms with Crippen LogP contribution in [0.4, 0.5) is 11.6 Å². The highest BCUT2D eigenvalue weighted by atomic mass is 16.5. The van der Waals surface area contributed by atoms with Crippen molar-refractivity contribution >= 4 is 40.1 Å². The van der Waals surface area contributed by atoms with Crippen molar-refractivity contribution in [3.63, 3.8) is 0 Å². The van der Waals surface area contributed by atoms with Crippen molar-refractivity contribution in [3.05, 3.63) is 81.2 Å². The maximum absolute atomic E-state index is 13.1. The number of nitrogens with zero attached hydrogens (tertiary/aromatic N) is 5. The number of nitrogen functional groups attached to an aromatic ring is 1. The summed E-state index contributed by atoms with van der Waals surface area (Å²) in [7, 11) is 0. The minimum atomic E-state index is -1.28. The predicted octanol–water partition coefficient (Wildman–Crippen LogP) is 2.37. The fourth-order valence-corrected chi connectivity index (χ4v) is 4.99. The zero-order chi connectivity index (χ0) is 28.7. The van der Waals surface area contributed by atoms with E-state index in [1.54, 1.807) is 40.6 Å². The van der Waals surface area contributed by atoms with E-state index in [4.69, 9.17) is 19.6 Å². The molecule has 0 aliphatic carbocycles. The minimum absolute atomic E-state index is 0.0733. The molecule has 204 valence electrons. The van der Waals surface area contributed by atoms with Gasteiger partial charge in [0.25, 0.3) is 11.8 Å². The molecule has 1 aliphatic heterocycles. The number of anilines is 2. The van der Waals surface area contributed by atoms with Gasteiger partial charge in [0.1, 0.15) is 28.7 Å². The zero-order valence-corrected chi connectivity index (χ0v) is 21.6. The van der Waals surface area contributed by atoms with Crippen LogP contribution in [0.2, 0.25) is 0 Å². The van der Waals surface area contributed by atoms with Crippen LogP contribution in [0.3, 0.4) is 0 Å². The second kappa shape index (κ2) is 10.1. The van der Waals surface area contributed by atoms with Gasteiger partial charge in [-0.25, -0.2) is 24.5 Å². The molecule has 1 aliphatic rings. The summed E-state index contributed by atoms with van der Waals surface area (Å²) < 4.78 is 12.4. The number of aromatic nitrogens is 4. The lowest BCUT2D eigenvalue weighted by atomic mass is 10.1. The Morgan fingerprint density at radius 3 is 2.63 bits per heavy atom. The van der Waals surface area contributed by atoms with E-state index in [9.17, 15) is 19.2 Å². The molecule has 1 fully saturated rings. The molecule has 6 rings (SSSR count). The van der Waals surface area contributed by atoms with Gasteiger partial charge in [-0.15, -0.1) is 0 Å². The Balaban J connectivity index is 1.56. The average Bonchev–Trinajstić information content (AvgIpc) is 3.60. The van der Waals surface area contributed by atoms with Crippen LogP contribution in [-0.4, -0.2) is 42.6 Å². The number of rotatable bonds is 4. The molecule has 13 heteroatoms. The minimum Gasteiger partial charge on any atom is -0.413 e. The summed E-state index contributed by atoms with van der Waals surface area (Å²) in [6.07, 6.45) is 6.05. The molecule has 1 saturated heterocycles. The van der Waals surface area contributed by atoms with Gasteiger partial charge in [0.2, 0.25) is 0 Å². The zero-order valence-electron chi connectivity index (χ0n) is 21.6. The van der Waals surface area contributed by atoms with Crippen molar-refractivity contribution in [3.8, 4) is 23.1 Å². The Morgan fingerprint density at radius 1 is 1.07 bits per heavy atom. The standard InChI is InChI=1S/C28H21N7O6/c1-2-6-19(36)34-13-5-7-17(34)25-33-20(21-24(29)31-12-14-35(21)25)15-9-10-16(23-22(15)40-27(38)28(39)41-23)26(37)32-18-8-3-4-11-30-18/h3-4,8-12,14,17H,5,7,13H2,1H3,(H2,29,31)(H,30,32,37)/t17-/m0/s1. The third-order valence-electron chi connectivity index (χ3n) is 6.73. The van der Waals surface area contributed by atoms with Gasteiger partial charge in [-0.05, 0) is 50.0 Å². The van der Waals surface area contributed by atoms with Gasteiger partial charge in [0, 0.05) is 30.7 Å². The van der Waals surface area contributed by atoms with Gasteiger partial charge in [0.05, 0.1) is 11.6 Å². The SMILES string of the molecule is CC#CC(=O)N1CCC[C@H]1c1nc(-c2ccc(C(=O)Nc3ccccn3)c3oc(=O)c(=O)oc23)c2c(N)nccn12. The second-order valence-corrected chi connectivity index (χ2v) is 9.15. The number of pyridine rings is 1. The van der Waals surface area contributed by atoms with Crippen molar-refractivity contribution in [2.75, 3.05) is 17.6 Å². The molecule has 2 amide bonds. The third-order valence-corrected chi connectivity index (χ3v) is 6.73. The van der Waals surface area contributed by atoms with Crippen LogP contribution in [0.1, 0.15) is 42.0 Å². The third kappa shape index (κ3) is 4.37. The summed E-state index contributed by atoms with van der Waals surface area (Å²) in [4.78, 5) is 65.1. The van der Waals surface area contributed by atoms with E-state index in [1.807, 2.05) is 0 Å². The molecule has 3 N–H and O–H groups in total.